The first-order valence-corrected chi connectivity index (χ1v) is 8.85. The van der Waals surface area contributed by atoms with Crippen molar-refractivity contribution in [3.05, 3.63) is 16.3 Å². The SMILES string of the molecule is O=C(O)c1sccc1S(=O)(=O)N1CCCC2(C1)OCCO2. The van der Waals surface area contributed by atoms with Crippen LogP contribution in [0.2, 0.25) is 0 Å². The van der Waals surface area contributed by atoms with E-state index < -0.39 is 21.8 Å². The fourth-order valence-corrected chi connectivity index (χ4v) is 5.43. The number of rotatable bonds is 3. The van der Waals surface area contributed by atoms with Gasteiger partial charge in [0.1, 0.15) is 9.77 Å². The van der Waals surface area contributed by atoms with Crippen molar-refractivity contribution in [1.82, 2.24) is 4.31 Å². The number of hydrogen-bond donors (Lipinski definition) is 1. The summed E-state index contributed by atoms with van der Waals surface area (Å²) < 4.78 is 37.7. The molecule has 3 heterocycles. The molecule has 2 aliphatic rings. The van der Waals surface area contributed by atoms with Crippen molar-refractivity contribution in [2.24, 2.45) is 0 Å². The molecule has 1 spiro atoms. The topological polar surface area (TPSA) is 93.1 Å². The van der Waals surface area contributed by atoms with E-state index in [0.29, 0.717) is 32.6 Å². The molecule has 0 saturated carbocycles. The van der Waals surface area contributed by atoms with Crippen LogP contribution in [0.1, 0.15) is 22.5 Å². The molecule has 9 heteroatoms. The van der Waals surface area contributed by atoms with Gasteiger partial charge >= 0.3 is 5.97 Å². The highest BCUT2D eigenvalue weighted by atomic mass is 32.2. The predicted molar refractivity (Wildman–Crippen MR) is 73.9 cm³/mol. The molecule has 0 amide bonds. The molecule has 1 aromatic rings. The van der Waals surface area contributed by atoms with Crippen LogP contribution in [0.25, 0.3) is 0 Å². The molecule has 0 aliphatic carbocycles. The number of nitrogens with zero attached hydrogens (tertiary/aromatic N) is 1. The minimum absolute atomic E-state index is 0.101. The summed E-state index contributed by atoms with van der Waals surface area (Å²) in [5, 5.41) is 10.6. The summed E-state index contributed by atoms with van der Waals surface area (Å²) in [5.41, 5.74) is 0. The number of carboxylic acids is 1. The third-order valence-corrected chi connectivity index (χ3v) is 6.56. The zero-order chi connectivity index (χ0) is 15.1. The fraction of sp³-hybridized carbons (Fsp3) is 0.583. The lowest BCUT2D eigenvalue weighted by molar-refractivity contribution is -0.179. The van der Waals surface area contributed by atoms with E-state index in [1.165, 1.54) is 15.8 Å². The van der Waals surface area contributed by atoms with Gasteiger partial charge < -0.3 is 14.6 Å². The lowest BCUT2D eigenvalue weighted by Gasteiger charge is -2.37. The molecule has 2 fully saturated rings. The predicted octanol–water partition coefficient (Wildman–Crippen LogP) is 0.974. The van der Waals surface area contributed by atoms with Crippen LogP contribution >= 0.6 is 11.3 Å². The quantitative estimate of drug-likeness (QED) is 0.886. The zero-order valence-electron chi connectivity index (χ0n) is 11.1. The van der Waals surface area contributed by atoms with Crippen LogP contribution in [0, 0.1) is 0 Å². The number of piperidine rings is 1. The van der Waals surface area contributed by atoms with E-state index in [2.05, 4.69) is 0 Å². The van der Waals surface area contributed by atoms with Crippen molar-refractivity contribution in [2.45, 2.75) is 23.5 Å². The molecule has 0 radical (unpaired) electrons. The van der Waals surface area contributed by atoms with Crippen molar-refractivity contribution >= 4 is 27.3 Å². The van der Waals surface area contributed by atoms with Gasteiger partial charge in [-0.25, -0.2) is 13.2 Å². The molecular formula is C12H15NO6S2. The van der Waals surface area contributed by atoms with Crippen LogP contribution in [0.5, 0.6) is 0 Å². The lowest BCUT2D eigenvalue weighted by atomic mass is 10.1. The number of sulfonamides is 1. The monoisotopic (exact) mass is 333 g/mol. The average molecular weight is 333 g/mol. The Kier molecular flexibility index (Phi) is 3.78. The minimum Gasteiger partial charge on any atom is -0.477 e. The van der Waals surface area contributed by atoms with Crippen molar-refractivity contribution in [3.8, 4) is 0 Å². The third-order valence-electron chi connectivity index (χ3n) is 3.64. The molecule has 0 atom stereocenters. The average Bonchev–Trinajstić information content (AvgIpc) is 3.08. The smallest absolute Gasteiger partial charge is 0.347 e. The van der Waals surface area contributed by atoms with Crippen LogP contribution < -0.4 is 0 Å². The highest BCUT2D eigenvalue weighted by molar-refractivity contribution is 7.89. The summed E-state index contributed by atoms with van der Waals surface area (Å²) in [5.74, 6) is -2.10. The molecule has 0 unspecified atom stereocenters. The summed E-state index contributed by atoms with van der Waals surface area (Å²) in [6.07, 6.45) is 1.26. The Morgan fingerprint density at radius 3 is 2.76 bits per heavy atom. The first-order chi connectivity index (χ1) is 9.95. The van der Waals surface area contributed by atoms with E-state index in [9.17, 15) is 13.2 Å². The van der Waals surface area contributed by atoms with Crippen LogP contribution in [-0.2, 0) is 19.5 Å². The molecular weight excluding hydrogens is 318 g/mol. The van der Waals surface area contributed by atoms with Crippen LogP contribution in [0.15, 0.2) is 16.3 Å². The number of carbonyl (C=O) groups is 1. The summed E-state index contributed by atoms with van der Waals surface area (Å²) >= 11 is 0.904. The maximum atomic E-state index is 12.7. The summed E-state index contributed by atoms with van der Waals surface area (Å²) in [6, 6.07) is 1.33. The molecule has 116 valence electrons. The lowest BCUT2D eigenvalue weighted by Crippen LogP contribution is -2.51. The van der Waals surface area contributed by atoms with E-state index in [-0.39, 0.29) is 16.3 Å². The van der Waals surface area contributed by atoms with Crippen LogP contribution in [0.4, 0.5) is 0 Å². The Labute approximate surface area is 126 Å². The minimum atomic E-state index is -3.85. The maximum Gasteiger partial charge on any atom is 0.347 e. The second-order valence-electron chi connectivity index (χ2n) is 4.97. The second kappa shape index (κ2) is 5.33. The Balaban J connectivity index is 1.91. The number of ether oxygens (including phenoxy) is 2. The van der Waals surface area contributed by atoms with Gasteiger partial charge in [0.05, 0.1) is 19.8 Å². The molecule has 21 heavy (non-hydrogen) atoms. The maximum absolute atomic E-state index is 12.7. The Hall–Kier alpha value is -1.00. The Morgan fingerprint density at radius 1 is 1.38 bits per heavy atom. The third kappa shape index (κ3) is 2.59. The second-order valence-corrected chi connectivity index (χ2v) is 7.79. The van der Waals surface area contributed by atoms with Crippen molar-refractivity contribution in [1.29, 1.82) is 0 Å². The van der Waals surface area contributed by atoms with Gasteiger partial charge in [0, 0.05) is 13.0 Å². The number of thiophene rings is 1. The van der Waals surface area contributed by atoms with Gasteiger partial charge in [-0.15, -0.1) is 11.3 Å². The normalized spacial score (nSPS) is 22.7. The highest BCUT2D eigenvalue weighted by Gasteiger charge is 2.45. The van der Waals surface area contributed by atoms with Gasteiger partial charge in [-0.1, -0.05) is 0 Å². The standard InChI is InChI=1S/C12H15NO6S2/c14-11(15)10-9(2-7-20-10)21(16,17)13-4-1-3-12(8-13)18-5-6-19-12/h2,7H,1,3-6,8H2,(H,14,15). The fourth-order valence-electron chi connectivity index (χ4n) is 2.68. The highest BCUT2D eigenvalue weighted by Crippen LogP contribution is 2.34. The summed E-state index contributed by atoms with van der Waals surface area (Å²) in [7, 11) is -3.85. The van der Waals surface area contributed by atoms with E-state index in [4.69, 9.17) is 14.6 Å². The van der Waals surface area contributed by atoms with Crippen molar-refractivity contribution in [2.75, 3.05) is 26.3 Å². The number of hydrogen-bond acceptors (Lipinski definition) is 6. The molecule has 1 aromatic heterocycles. The molecule has 1 N–H and O–H groups in total. The molecule has 7 nitrogen and oxygen atoms in total. The van der Waals surface area contributed by atoms with Crippen molar-refractivity contribution < 1.29 is 27.8 Å². The van der Waals surface area contributed by atoms with Crippen LogP contribution in [0.3, 0.4) is 0 Å². The van der Waals surface area contributed by atoms with Gasteiger partial charge in [0.2, 0.25) is 10.0 Å². The van der Waals surface area contributed by atoms with Gasteiger partial charge in [-0.2, -0.15) is 4.31 Å². The Morgan fingerprint density at radius 2 is 2.10 bits per heavy atom. The van der Waals surface area contributed by atoms with E-state index in [1.54, 1.807) is 0 Å². The largest absolute Gasteiger partial charge is 0.477 e. The van der Waals surface area contributed by atoms with Gasteiger partial charge in [0.15, 0.2) is 5.79 Å². The molecule has 2 saturated heterocycles. The zero-order valence-corrected chi connectivity index (χ0v) is 12.8. The van der Waals surface area contributed by atoms with Crippen LogP contribution in [-0.4, -0.2) is 55.9 Å². The van der Waals surface area contributed by atoms with E-state index in [0.717, 1.165) is 11.3 Å². The number of carboxylic acid groups (broad SMARTS) is 1. The molecule has 0 bridgehead atoms. The van der Waals surface area contributed by atoms with Gasteiger partial charge in [0.25, 0.3) is 0 Å². The first kappa shape index (κ1) is 14.9. The first-order valence-electron chi connectivity index (χ1n) is 6.53. The molecule has 0 aromatic carbocycles. The Bertz CT molecular complexity index is 646. The van der Waals surface area contributed by atoms with Gasteiger partial charge in [-0.05, 0) is 17.9 Å². The van der Waals surface area contributed by atoms with E-state index in [1.807, 2.05) is 0 Å². The van der Waals surface area contributed by atoms with Crippen molar-refractivity contribution in [3.63, 3.8) is 0 Å². The molecule has 3 rings (SSSR count). The van der Waals surface area contributed by atoms with E-state index >= 15 is 0 Å². The number of aromatic carboxylic acids is 1. The van der Waals surface area contributed by atoms with Gasteiger partial charge in [-0.3, -0.25) is 0 Å². The molecule has 2 aliphatic heterocycles. The summed E-state index contributed by atoms with van der Waals surface area (Å²) in [4.78, 5) is 10.8. The summed E-state index contributed by atoms with van der Waals surface area (Å²) in [6.45, 7) is 1.34.